The molecule has 1 saturated heterocycles. The van der Waals surface area contributed by atoms with Crippen LogP contribution in [0.3, 0.4) is 0 Å². The van der Waals surface area contributed by atoms with Crippen molar-refractivity contribution in [2.24, 2.45) is 0 Å². The highest BCUT2D eigenvalue weighted by molar-refractivity contribution is 5.92. The van der Waals surface area contributed by atoms with Gasteiger partial charge < -0.3 is 14.2 Å². The molecule has 0 aromatic carbocycles. The fourth-order valence-corrected chi connectivity index (χ4v) is 3.48. The third kappa shape index (κ3) is 4.29. The number of aryl methyl sites for hydroxylation is 3. The topological polar surface area (TPSA) is 107 Å². The number of ether oxygens (including phenoxy) is 1. The first-order valence-corrected chi connectivity index (χ1v) is 9.54. The van der Waals surface area contributed by atoms with Gasteiger partial charge in [-0.3, -0.25) is 4.79 Å². The van der Waals surface area contributed by atoms with Crippen molar-refractivity contribution in [3.63, 3.8) is 0 Å². The maximum absolute atomic E-state index is 12.6. The van der Waals surface area contributed by atoms with Gasteiger partial charge in [-0.1, -0.05) is 5.16 Å². The molecule has 1 fully saturated rings. The molecular formula is C20H22N6O3. The predicted octanol–water partition coefficient (Wildman–Crippen LogP) is 2.01. The molecule has 9 heteroatoms. The minimum Gasteiger partial charge on any atom is -0.375 e. The van der Waals surface area contributed by atoms with Gasteiger partial charge in [-0.25, -0.2) is 9.97 Å². The lowest BCUT2D eigenvalue weighted by atomic mass is 10.1. The van der Waals surface area contributed by atoms with E-state index in [-0.39, 0.29) is 12.0 Å². The lowest BCUT2D eigenvalue weighted by Crippen LogP contribution is -2.46. The SMILES string of the molecule is Cc1noc(C)c1-c1cc(CCC2CN(C(=O)c3cccnn3)CCO2)ncn1. The summed E-state index contributed by atoms with van der Waals surface area (Å²) in [6.07, 6.45) is 4.53. The van der Waals surface area contributed by atoms with E-state index in [0.717, 1.165) is 41.2 Å². The normalized spacial score (nSPS) is 16.8. The molecule has 0 spiro atoms. The van der Waals surface area contributed by atoms with Crippen molar-refractivity contribution in [2.45, 2.75) is 32.8 Å². The molecule has 29 heavy (non-hydrogen) atoms. The number of rotatable bonds is 5. The van der Waals surface area contributed by atoms with Gasteiger partial charge in [0.15, 0.2) is 5.69 Å². The van der Waals surface area contributed by atoms with Crippen molar-refractivity contribution in [3.05, 3.63) is 53.6 Å². The summed E-state index contributed by atoms with van der Waals surface area (Å²) in [4.78, 5) is 23.1. The summed E-state index contributed by atoms with van der Waals surface area (Å²) < 4.78 is 11.1. The molecule has 0 bridgehead atoms. The lowest BCUT2D eigenvalue weighted by molar-refractivity contribution is -0.0249. The van der Waals surface area contributed by atoms with Gasteiger partial charge in [0.05, 0.1) is 29.7 Å². The summed E-state index contributed by atoms with van der Waals surface area (Å²) in [6.45, 7) is 5.35. The average Bonchev–Trinajstić information content (AvgIpc) is 3.11. The molecule has 0 aliphatic carbocycles. The minimum absolute atomic E-state index is 0.0538. The third-order valence-electron chi connectivity index (χ3n) is 4.95. The molecule has 4 rings (SSSR count). The Hall–Kier alpha value is -3.20. The quantitative estimate of drug-likeness (QED) is 0.647. The van der Waals surface area contributed by atoms with Crippen molar-refractivity contribution in [1.29, 1.82) is 0 Å². The van der Waals surface area contributed by atoms with E-state index in [1.54, 1.807) is 29.6 Å². The van der Waals surface area contributed by atoms with Crippen molar-refractivity contribution in [3.8, 4) is 11.3 Å². The molecule has 0 N–H and O–H groups in total. The Kier molecular flexibility index (Phi) is 5.57. The fourth-order valence-electron chi connectivity index (χ4n) is 3.48. The second-order valence-corrected chi connectivity index (χ2v) is 6.99. The second-order valence-electron chi connectivity index (χ2n) is 6.99. The zero-order valence-electron chi connectivity index (χ0n) is 16.4. The molecule has 150 valence electrons. The average molecular weight is 394 g/mol. The minimum atomic E-state index is -0.117. The number of hydrogen-bond donors (Lipinski definition) is 0. The Morgan fingerprint density at radius 3 is 2.97 bits per heavy atom. The van der Waals surface area contributed by atoms with E-state index in [1.165, 1.54) is 0 Å². The molecule has 3 aromatic heterocycles. The molecule has 1 amide bonds. The van der Waals surface area contributed by atoms with Gasteiger partial charge >= 0.3 is 0 Å². The summed E-state index contributed by atoms with van der Waals surface area (Å²) in [5, 5.41) is 11.7. The highest BCUT2D eigenvalue weighted by atomic mass is 16.5. The van der Waals surface area contributed by atoms with Gasteiger partial charge in [0, 0.05) is 25.0 Å². The number of morpholine rings is 1. The van der Waals surface area contributed by atoms with E-state index in [2.05, 4.69) is 25.3 Å². The molecule has 0 radical (unpaired) electrons. The lowest BCUT2D eigenvalue weighted by Gasteiger charge is -2.32. The maximum Gasteiger partial charge on any atom is 0.274 e. The Morgan fingerprint density at radius 1 is 1.31 bits per heavy atom. The molecule has 1 atom stereocenters. The molecule has 1 unspecified atom stereocenters. The van der Waals surface area contributed by atoms with Crippen molar-refractivity contribution in [2.75, 3.05) is 19.7 Å². The van der Waals surface area contributed by atoms with E-state index < -0.39 is 0 Å². The maximum atomic E-state index is 12.6. The Labute approximate surface area is 168 Å². The van der Waals surface area contributed by atoms with Crippen LogP contribution >= 0.6 is 0 Å². The van der Waals surface area contributed by atoms with Crippen molar-refractivity contribution < 1.29 is 14.1 Å². The largest absolute Gasteiger partial charge is 0.375 e. The Bertz CT molecular complexity index is 971. The van der Waals surface area contributed by atoms with Crippen LogP contribution in [0.25, 0.3) is 11.3 Å². The molecule has 9 nitrogen and oxygen atoms in total. The van der Waals surface area contributed by atoms with E-state index in [4.69, 9.17) is 9.26 Å². The summed E-state index contributed by atoms with van der Waals surface area (Å²) in [6, 6.07) is 5.35. The van der Waals surface area contributed by atoms with Gasteiger partial charge in [-0.2, -0.15) is 5.10 Å². The van der Waals surface area contributed by atoms with Crippen LogP contribution in [-0.2, 0) is 11.2 Å². The zero-order valence-corrected chi connectivity index (χ0v) is 16.4. The molecule has 1 aliphatic rings. The molecular weight excluding hydrogens is 372 g/mol. The number of aromatic nitrogens is 5. The van der Waals surface area contributed by atoms with Crippen LogP contribution in [0.4, 0.5) is 0 Å². The van der Waals surface area contributed by atoms with E-state index in [0.29, 0.717) is 25.4 Å². The standard InChI is InChI=1S/C20H22N6O3/c1-13-19(14(2)29-25-13)18-10-15(21-12-22-18)5-6-16-11-26(8-9-28-16)20(27)17-4-3-7-23-24-17/h3-4,7,10,12,16H,5-6,8-9,11H2,1-2H3. The Balaban J connectivity index is 1.39. The first-order chi connectivity index (χ1) is 14.1. The summed E-state index contributed by atoms with van der Waals surface area (Å²) in [5.74, 6) is 0.620. The van der Waals surface area contributed by atoms with Crippen LogP contribution < -0.4 is 0 Å². The highest BCUT2D eigenvalue weighted by Gasteiger charge is 2.26. The third-order valence-corrected chi connectivity index (χ3v) is 4.95. The number of hydrogen-bond acceptors (Lipinski definition) is 8. The van der Waals surface area contributed by atoms with Crippen LogP contribution in [0.15, 0.2) is 35.2 Å². The van der Waals surface area contributed by atoms with Crippen molar-refractivity contribution >= 4 is 5.91 Å². The smallest absolute Gasteiger partial charge is 0.274 e. The van der Waals surface area contributed by atoms with Crippen LogP contribution in [0.2, 0.25) is 0 Å². The van der Waals surface area contributed by atoms with Gasteiger partial charge in [0.1, 0.15) is 12.1 Å². The van der Waals surface area contributed by atoms with Crippen LogP contribution in [-0.4, -0.2) is 61.9 Å². The number of carbonyl (C=O) groups excluding carboxylic acids is 1. The van der Waals surface area contributed by atoms with Gasteiger partial charge in [0.2, 0.25) is 0 Å². The van der Waals surface area contributed by atoms with E-state index in [1.807, 2.05) is 19.9 Å². The van der Waals surface area contributed by atoms with Crippen LogP contribution in [0.5, 0.6) is 0 Å². The van der Waals surface area contributed by atoms with Gasteiger partial charge in [-0.15, -0.1) is 5.10 Å². The van der Waals surface area contributed by atoms with Crippen molar-refractivity contribution in [1.82, 2.24) is 30.2 Å². The number of amides is 1. The zero-order chi connectivity index (χ0) is 20.2. The fraction of sp³-hybridized carbons (Fsp3) is 0.400. The predicted molar refractivity (Wildman–Crippen MR) is 103 cm³/mol. The monoisotopic (exact) mass is 394 g/mol. The molecule has 4 heterocycles. The van der Waals surface area contributed by atoms with E-state index in [9.17, 15) is 4.79 Å². The summed E-state index contributed by atoms with van der Waals surface area (Å²) in [5.41, 5.74) is 3.78. The number of carbonyl (C=O) groups is 1. The van der Waals surface area contributed by atoms with Gasteiger partial charge in [-0.05, 0) is 44.9 Å². The number of nitrogens with zero attached hydrogens (tertiary/aromatic N) is 6. The Morgan fingerprint density at radius 2 is 2.21 bits per heavy atom. The molecule has 3 aromatic rings. The first-order valence-electron chi connectivity index (χ1n) is 9.54. The summed E-state index contributed by atoms with van der Waals surface area (Å²) >= 11 is 0. The molecule has 0 saturated carbocycles. The van der Waals surface area contributed by atoms with E-state index >= 15 is 0 Å². The highest BCUT2D eigenvalue weighted by Crippen LogP contribution is 2.25. The van der Waals surface area contributed by atoms with Crippen LogP contribution in [0.1, 0.15) is 34.1 Å². The van der Waals surface area contributed by atoms with Gasteiger partial charge in [0.25, 0.3) is 5.91 Å². The first kappa shape index (κ1) is 19.1. The summed E-state index contributed by atoms with van der Waals surface area (Å²) in [7, 11) is 0. The second kappa shape index (κ2) is 8.44. The van der Waals surface area contributed by atoms with Crippen LogP contribution in [0, 0.1) is 13.8 Å². The molecule has 1 aliphatic heterocycles.